The Hall–Kier alpha value is -1.50. The summed E-state index contributed by atoms with van der Waals surface area (Å²) in [5.74, 6) is 0. The molecule has 0 aliphatic carbocycles. The maximum absolute atomic E-state index is 10.3. The zero-order chi connectivity index (χ0) is 11.6. The Balaban J connectivity index is 2.94. The molecule has 0 saturated heterocycles. The van der Waals surface area contributed by atoms with Crippen LogP contribution in [0.3, 0.4) is 0 Å². The lowest BCUT2D eigenvalue weighted by Gasteiger charge is -2.24. The largest absolute Gasteiger partial charge is 0.384 e. The van der Waals surface area contributed by atoms with Crippen LogP contribution < -0.4 is 5.73 Å². The van der Waals surface area contributed by atoms with Gasteiger partial charge in [-0.1, -0.05) is 0 Å². The molecule has 0 aliphatic rings. The van der Waals surface area contributed by atoms with Gasteiger partial charge in [-0.3, -0.25) is 10.1 Å². The van der Waals surface area contributed by atoms with Crippen LogP contribution in [0.15, 0.2) is 24.3 Å². The molecule has 0 heterocycles. The maximum atomic E-state index is 10.3. The van der Waals surface area contributed by atoms with Gasteiger partial charge in [-0.2, -0.15) is 0 Å². The topological polar surface area (TPSA) is 110 Å². The van der Waals surface area contributed by atoms with Crippen molar-refractivity contribution in [3.05, 3.63) is 39.9 Å². The van der Waals surface area contributed by atoms with Crippen LogP contribution in [0.2, 0.25) is 0 Å². The number of non-ortho nitro benzene ring substituents is 1. The molecular formula is C9H12N2O4. The minimum atomic E-state index is -1.77. The molecule has 15 heavy (non-hydrogen) atoms. The van der Waals surface area contributed by atoms with Crippen LogP contribution in [-0.2, 0) is 0 Å². The highest BCUT2D eigenvalue weighted by atomic mass is 16.6. The van der Waals surface area contributed by atoms with E-state index < -0.39 is 16.8 Å². The number of nitro benzene ring substituents is 1. The Morgan fingerprint density at radius 2 is 1.93 bits per heavy atom. The number of nitro groups is 1. The summed E-state index contributed by atoms with van der Waals surface area (Å²) in [7, 11) is 0. The van der Waals surface area contributed by atoms with Gasteiger partial charge in [-0.25, -0.2) is 0 Å². The van der Waals surface area contributed by atoms with Crippen molar-refractivity contribution in [1.29, 1.82) is 0 Å². The van der Waals surface area contributed by atoms with E-state index in [9.17, 15) is 20.3 Å². The lowest BCUT2D eigenvalue weighted by atomic mass is 10.0. The first-order valence-electron chi connectivity index (χ1n) is 4.26. The fourth-order valence-electron chi connectivity index (χ4n) is 1.12. The van der Waals surface area contributed by atoms with E-state index in [-0.39, 0.29) is 5.69 Å². The number of benzene rings is 1. The lowest BCUT2D eigenvalue weighted by Crippen LogP contribution is -2.42. The van der Waals surface area contributed by atoms with E-state index in [0.717, 1.165) is 0 Å². The quantitative estimate of drug-likeness (QED) is 0.379. The molecule has 1 rings (SSSR count). The SMILES string of the molecule is C[C@](N)(O)[C@@H](O)c1ccc([N+](=O)[O-])cc1. The molecule has 0 bridgehead atoms. The summed E-state index contributed by atoms with van der Waals surface area (Å²) in [5.41, 5.74) is 3.76. The number of nitrogens with zero attached hydrogens (tertiary/aromatic N) is 1. The van der Waals surface area contributed by atoms with E-state index in [1.807, 2.05) is 0 Å². The first-order chi connectivity index (χ1) is 6.82. The molecule has 1 aromatic rings. The maximum Gasteiger partial charge on any atom is 0.269 e. The van der Waals surface area contributed by atoms with Crippen molar-refractivity contribution >= 4 is 5.69 Å². The normalized spacial score (nSPS) is 16.8. The summed E-state index contributed by atoms with van der Waals surface area (Å²) in [6, 6.07) is 5.18. The van der Waals surface area contributed by atoms with E-state index in [4.69, 9.17) is 5.73 Å². The second-order valence-electron chi connectivity index (χ2n) is 3.48. The Kier molecular flexibility index (Phi) is 3.04. The van der Waals surface area contributed by atoms with E-state index in [2.05, 4.69) is 0 Å². The molecule has 0 radical (unpaired) electrons. The summed E-state index contributed by atoms with van der Waals surface area (Å²) < 4.78 is 0. The molecule has 0 aromatic heterocycles. The van der Waals surface area contributed by atoms with Crippen LogP contribution in [-0.4, -0.2) is 20.9 Å². The lowest BCUT2D eigenvalue weighted by molar-refractivity contribution is -0.384. The van der Waals surface area contributed by atoms with Crippen molar-refractivity contribution in [1.82, 2.24) is 0 Å². The number of hydrogen-bond acceptors (Lipinski definition) is 5. The highest BCUT2D eigenvalue weighted by Gasteiger charge is 2.26. The third-order valence-electron chi connectivity index (χ3n) is 1.97. The monoisotopic (exact) mass is 212 g/mol. The van der Waals surface area contributed by atoms with Gasteiger partial charge < -0.3 is 15.9 Å². The third-order valence-corrected chi connectivity index (χ3v) is 1.97. The van der Waals surface area contributed by atoms with Gasteiger partial charge in [0.2, 0.25) is 0 Å². The molecule has 0 aliphatic heterocycles. The van der Waals surface area contributed by atoms with E-state index in [1.165, 1.54) is 31.2 Å². The van der Waals surface area contributed by atoms with Gasteiger partial charge in [-0.15, -0.1) is 0 Å². The highest BCUT2D eigenvalue weighted by Crippen LogP contribution is 2.23. The van der Waals surface area contributed by atoms with Crippen LogP contribution in [0.5, 0.6) is 0 Å². The molecule has 82 valence electrons. The highest BCUT2D eigenvalue weighted by molar-refractivity contribution is 5.34. The predicted octanol–water partition coefficient (Wildman–Crippen LogP) is 0.295. The Labute approximate surface area is 86.1 Å². The zero-order valence-electron chi connectivity index (χ0n) is 8.12. The van der Waals surface area contributed by atoms with Gasteiger partial charge in [0.25, 0.3) is 5.69 Å². The van der Waals surface area contributed by atoms with Gasteiger partial charge >= 0.3 is 0 Å². The summed E-state index contributed by atoms with van der Waals surface area (Å²) in [5, 5.41) is 29.2. The van der Waals surface area contributed by atoms with E-state index >= 15 is 0 Å². The fraction of sp³-hybridized carbons (Fsp3) is 0.333. The van der Waals surface area contributed by atoms with Crippen molar-refractivity contribution < 1.29 is 15.1 Å². The molecule has 1 aromatic carbocycles. The third kappa shape index (κ3) is 2.72. The van der Waals surface area contributed by atoms with Gasteiger partial charge in [0.05, 0.1) is 4.92 Å². The molecule has 0 spiro atoms. The minimum absolute atomic E-state index is 0.0809. The number of hydrogen-bond donors (Lipinski definition) is 3. The standard InChI is InChI=1S/C9H12N2O4/c1-9(10,13)8(12)6-2-4-7(5-3-6)11(14)15/h2-5,8,12-13H,10H2,1H3/t8-,9-/m0/s1. The molecule has 4 N–H and O–H groups in total. The number of aliphatic hydroxyl groups is 2. The smallest absolute Gasteiger partial charge is 0.269 e. The number of nitrogens with two attached hydrogens (primary N) is 1. The van der Waals surface area contributed by atoms with Crippen LogP contribution in [0.1, 0.15) is 18.6 Å². The van der Waals surface area contributed by atoms with E-state index in [0.29, 0.717) is 5.56 Å². The van der Waals surface area contributed by atoms with Crippen molar-refractivity contribution in [2.24, 2.45) is 5.73 Å². The molecule has 0 unspecified atom stereocenters. The first kappa shape index (κ1) is 11.6. The van der Waals surface area contributed by atoms with E-state index in [1.54, 1.807) is 0 Å². The molecule has 0 saturated carbocycles. The molecule has 2 atom stereocenters. The van der Waals surface area contributed by atoms with Gasteiger partial charge in [0, 0.05) is 12.1 Å². The Bertz CT molecular complexity index is 355. The summed E-state index contributed by atoms with van der Waals surface area (Å²) in [6.07, 6.45) is -1.28. The second kappa shape index (κ2) is 3.93. The van der Waals surface area contributed by atoms with Gasteiger partial charge in [-0.05, 0) is 24.6 Å². The molecule has 6 heteroatoms. The van der Waals surface area contributed by atoms with Crippen molar-refractivity contribution in [3.63, 3.8) is 0 Å². The summed E-state index contributed by atoms with van der Waals surface area (Å²) >= 11 is 0. The molecule has 0 amide bonds. The minimum Gasteiger partial charge on any atom is -0.384 e. The van der Waals surface area contributed by atoms with Gasteiger partial charge in [0.1, 0.15) is 11.8 Å². The second-order valence-corrected chi connectivity index (χ2v) is 3.48. The number of rotatable bonds is 3. The fourth-order valence-corrected chi connectivity index (χ4v) is 1.12. The molecule has 0 fully saturated rings. The van der Waals surface area contributed by atoms with Crippen molar-refractivity contribution in [3.8, 4) is 0 Å². The summed E-state index contributed by atoms with van der Waals surface area (Å²) in [4.78, 5) is 9.80. The average Bonchev–Trinajstić information content (AvgIpc) is 2.15. The van der Waals surface area contributed by atoms with Crippen LogP contribution in [0.25, 0.3) is 0 Å². The first-order valence-corrected chi connectivity index (χ1v) is 4.26. The van der Waals surface area contributed by atoms with Crippen molar-refractivity contribution in [2.75, 3.05) is 0 Å². The average molecular weight is 212 g/mol. The van der Waals surface area contributed by atoms with Crippen molar-refractivity contribution in [2.45, 2.75) is 18.8 Å². The Morgan fingerprint density at radius 1 is 1.47 bits per heavy atom. The number of aliphatic hydroxyl groups excluding tert-OH is 1. The Morgan fingerprint density at radius 3 is 2.27 bits per heavy atom. The van der Waals surface area contributed by atoms with Crippen LogP contribution in [0, 0.1) is 10.1 Å². The molecular weight excluding hydrogens is 200 g/mol. The van der Waals surface area contributed by atoms with Crippen LogP contribution in [0.4, 0.5) is 5.69 Å². The van der Waals surface area contributed by atoms with Crippen LogP contribution >= 0.6 is 0 Å². The zero-order valence-corrected chi connectivity index (χ0v) is 8.12. The molecule has 6 nitrogen and oxygen atoms in total. The van der Waals surface area contributed by atoms with Gasteiger partial charge in [0.15, 0.2) is 0 Å². The predicted molar refractivity (Wildman–Crippen MR) is 52.9 cm³/mol. The summed E-state index contributed by atoms with van der Waals surface area (Å²) in [6.45, 7) is 1.25.